The fraction of sp³-hybridized carbons (Fsp3) is 0.0938. The Bertz CT molecular complexity index is 1670. The van der Waals surface area contributed by atoms with Crippen molar-refractivity contribution in [1.29, 1.82) is 0 Å². The van der Waals surface area contributed by atoms with E-state index in [1.165, 1.54) is 56.6 Å². The van der Waals surface area contributed by atoms with Crippen LogP contribution < -0.4 is 25.0 Å². The third-order valence-electron chi connectivity index (χ3n) is 5.84. The predicted octanol–water partition coefficient (Wildman–Crippen LogP) is 5.44. The molecule has 4 aromatic rings. The smallest absolute Gasteiger partial charge is 0.343 e. The largest absolute Gasteiger partial charge is 0.493 e. The van der Waals surface area contributed by atoms with Crippen molar-refractivity contribution in [2.24, 2.45) is 5.10 Å². The van der Waals surface area contributed by atoms with E-state index in [2.05, 4.69) is 15.8 Å². The quantitative estimate of drug-likeness (QED) is 0.107. The average Bonchev–Trinajstić information content (AvgIpc) is 2.99. The van der Waals surface area contributed by atoms with E-state index in [1.807, 2.05) is 30.3 Å². The van der Waals surface area contributed by atoms with Gasteiger partial charge in [0.1, 0.15) is 5.75 Å². The Morgan fingerprint density at radius 3 is 2.21 bits per heavy atom. The van der Waals surface area contributed by atoms with Gasteiger partial charge in [-0.25, -0.2) is 10.2 Å². The van der Waals surface area contributed by atoms with Crippen LogP contribution in [0, 0.1) is 0 Å². The number of hydrogen-bond acceptors (Lipinski definition) is 8. The summed E-state index contributed by atoms with van der Waals surface area (Å²) in [6.07, 6.45) is 1.52. The monoisotopic (exact) mass is 599 g/mol. The van der Waals surface area contributed by atoms with Crippen molar-refractivity contribution in [2.75, 3.05) is 12.4 Å². The van der Waals surface area contributed by atoms with Gasteiger partial charge in [0.15, 0.2) is 11.5 Å². The second-order valence-electron chi connectivity index (χ2n) is 9.02. The number of esters is 2. The second-order valence-corrected chi connectivity index (χ2v) is 9.45. The number of anilines is 1. The minimum atomic E-state index is -0.718. The third kappa shape index (κ3) is 8.75. The van der Waals surface area contributed by atoms with E-state index in [4.69, 9.17) is 25.8 Å². The van der Waals surface area contributed by atoms with Gasteiger partial charge < -0.3 is 19.5 Å². The lowest BCUT2D eigenvalue weighted by Gasteiger charge is -2.11. The highest BCUT2D eigenvalue weighted by atomic mass is 35.5. The zero-order chi connectivity index (χ0) is 30.8. The van der Waals surface area contributed by atoms with Gasteiger partial charge in [0.25, 0.3) is 5.91 Å². The van der Waals surface area contributed by atoms with Crippen LogP contribution in [0.1, 0.15) is 38.8 Å². The van der Waals surface area contributed by atoms with Crippen molar-refractivity contribution in [3.63, 3.8) is 0 Å². The van der Waals surface area contributed by atoms with Crippen molar-refractivity contribution in [3.8, 4) is 17.2 Å². The van der Waals surface area contributed by atoms with E-state index in [0.717, 1.165) is 5.56 Å². The summed E-state index contributed by atoms with van der Waals surface area (Å²) < 4.78 is 15.8. The molecule has 0 bridgehead atoms. The van der Waals surface area contributed by atoms with Crippen LogP contribution in [0.5, 0.6) is 17.2 Å². The molecule has 0 aliphatic rings. The zero-order valence-corrected chi connectivity index (χ0v) is 23.9. The average molecular weight is 600 g/mol. The van der Waals surface area contributed by atoms with Crippen LogP contribution >= 0.6 is 11.6 Å². The van der Waals surface area contributed by atoms with Gasteiger partial charge >= 0.3 is 11.9 Å². The Morgan fingerprint density at radius 2 is 1.51 bits per heavy atom. The molecule has 0 atom stereocenters. The van der Waals surface area contributed by atoms with Crippen molar-refractivity contribution >= 4 is 47.3 Å². The molecule has 2 amide bonds. The van der Waals surface area contributed by atoms with Crippen LogP contribution in [0.25, 0.3) is 0 Å². The lowest BCUT2D eigenvalue weighted by Crippen LogP contribution is -2.18. The molecule has 0 fully saturated rings. The van der Waals surface area contributed by atoms with E-state index < -0.39 is 17.8 Å². The number of halogens is 1. The van der Waals surface area contributed by atoms with E-state index in [-0.39, 0.29) is 35.1 Å². The molecule has 0 saturated carbocycles. The molecule has 10 nitrogen and oxygen atoms in total. The van der Waals surface area contributed by atoms with Crippen LogP contribution in [0.15, 0.2) is 96.1 Å². The highest BCUT2D eigenvalue weighted by Gasteiger charge is 2.16. The Balaban J connectivity index is 1.38. The molecule has 0 aliphatic carbocycles. The Hall–Kier alpha value is -5.48. The van der Waals surface area contributed by atoms with Gasteiger partial charge in [-0.05, 0) is 66.2 Å². The molecule has 0 aliphatic heterocycles. The van der Waals surface area contributed by atoms with Gasteiger partial charge in [0.2, 0.25) is 5.91 Å². The predicted molar refractivity (Wildman–Crippen MR) is 161 cm³/mol. The van der Waals surface area contributed by atoms with Gasteiger partial charge in [-0.3, -0.25) is 14.4 Å². The number of carbonyl (C=O) groups is 4. The minimum absolute atomic E-state index is 0.131. The summed E-state index contributed by atoms with van der Waals surface area (Å²) in [5, 5.41) is 7.12. The molecule has 0 spiro atoms. The Morgan fingerprint density at radius 1 is 0.814 bits per heavy atom. The number of amides is 2. The SMILES string of the molecule is COc1cc(C(=O)Oc2ccc(Cl)cc2/C=N/NC(=O)c2ccc(NC(=O)Cc3ccccc3)cc2)ccc1OC(C)=O. The summed E-state index contributed by atoms with van der Waals surface area (Å²) in [7, 11) is 1.37. The van der Waals surface area contributed by atoms with Gasteiger partial charge in [-0.15, -0.1) is 0 Å². The maximum absolute atomic E-state index is 12.8. The molecule has 0 unspecified atom stereocenters. The summed E-state index contributed by atoms with van der Waals surface area (Å²) in [5.41, 5.74) is 4.61. The zero-order valence-electron chi connectivity index (χ0n) is 23.1. The lowest BCUT2D eigenvalue weighted by atomic mass is 10.1. The first kappa shape index (κ1) is 30.5. The van der Waals surface area contributed by atoms with Gasteiger partial charge in [-0.1, -0.05) is 41.9 Å². The van der Waals surface area contributed by atoms with Crippen molar-refractivity contribution in [3.05, 3.63) is 118 Å². The summed E-state index contributed by atoms with van der Waals surface area (Å²) in [6, 6.07) is 24.4. The maximum atomic E-state index is 12.8. The van der Waals surface area contributed by atoms with Crippen LogP contribution in [-0.4, -0.2) is 37.1 Å². The van der Waals surface area contributed by atoms with E-state index in [1.54, 1.807) is 24.3 Å². The molecule has 11 heteroatoms. The molecule has 4 aromatic carbocycles. The summed E-state index contributed by atoms with van der Waals surface area (Å²) >= 11 is 6.12. The van der Waals surface area contributed by atoms with Gasteiger partial charge in [-0.2, -0.15) is 5.10 Å². The first-order valence-corrected chi connectivity index (χ1v) is 13.2. The highest BCUT2D eigenvalue weighted by Crippen LogP contribution is 2.29. The second kappa shape index (κ2) is 14.4. The topological polar surface area (TPSA) is 132 Å². The standard InChI is InChI=1S/C32H26ClN3O7/c1-20(37)42-28-14-10-23(18-29(28)41-2)32(40)43-27-15-11-25(33)17-24(27)19-34-36-31(39)22-8-12-26(13-9-22)35-30(38)16-21-6-4-3-5-7-21/h3-15,17-19H,16H2,1-2H3,(H,35,38)(H,36,39)/b34-19+. The fourth-order valence-electron chi connectivity index (χ4n) is 3.82. The van der Waals surface area contributed by atoms with Crippen LogP contribution in [0.3, 0.4) is 0 Å². The molecule has 218 valence electrons. The number of hydrogen-bond donors (Lipinski definition) is 2. The maximum Gasteiger partial charge on any atom is 0.343 e. The number of methoxy groups -OCH3 is 1. The van der Waals surface area contributed by atoms with Gasteiger partial charge in [0, 0.05) is 28.8 Å². The minimum Gasteiger partial charge on any atom is -0.493 e. The van der Waals surface area contributed by atoms with Crippen molar-refractivity contribution in [2.45, 2.75) is 13.3 Å². The first-order chi connectivity index (χ1) is 20.7. The highest BCUT2D eigenvalue weighted by molar-refractivity contribution is 6.31. The Labute approximate surface area is 252 Å². The third-order valence-corrected chi connectivity index (χ3v) is 6.07. The van der Waals surface area contributed by atoms with E-state index in [0.29, 0.717) is 21.8 Å². The summed E-state index contributed by atoms with van der Waals surface area (Å²) in [6.45, 7) is 1.25. The summed E-state index contributed by atoms with van der Waals surface area (Å²) in [4.78, 5) is 49.0. The number of benzene rings is 4. The molecular formula is C32H26ClN3O7. The molecule has 0 heterocycles. The number of ether oxygens (including phenoxy) is 3. The lowest BCUT2D eigenvalue weighted by molar-refractivity contribution is -0.132. The fourth-order valence-corrected chi connectivity index (χ4v) is 4.00. The van der Waals surface area contributed by atoms with E-state index in [9.17, 15) is 19.2 Å². The van der Waals surface area contributed by atoms with E-state index >= 15 is 0 Å². The van der Waals surface area contributed by atoms with Crippen LogP contribution in [0.4, 0.5) is 5.69 Å². The first-order valence-electron chi connectivity index (χ1n) is 12.9. The normalized spacial score (nSPS) is 10.6. The molecule has 0 radical (unpaired) electrons. The summed E-state index contributed by atoms with van der Waals surface area (Å²) in [5.74, 6) is -1.47. The number of rotatable bonds is 10. The number of hydrazone groups is 1. The molecular weight excluding hydrogens is 574 g/mol. The van der Waals surface area contributed by atoms with Crippen molar-refractivity contribution < 1.29 is 33.4 Å². The number of carbonyl (C=O) groups excluding carboxylic acids is 4. The molecule has 0 saturated heterocycles. The molecule has 43 heavy (non-hydrogen) atoms. The number of nitrogens with one attached hydrogen (secondary N) is 2. The molecule has 2 N–H and O–H groups in total. The number of nitrogens with zero attached hydrogens (tertiary/aromatic N) is 1. The van der Waals surface area contributed by atoms with Crippen molar-refractivity contribution in [1.82, 2.24) is 5.43 Å². The molecule has 4 rings (SSSR count). The van der Waals surface area contributed by atoms with Gasteiger partial charge in [0.05, 0.1) is 25.3 Å². The molecule has 0 aromatic heterocycles. The van der Waals surface area contributed by atoms with Crippen LogP contribution in [0.2, 0.25) is 5.02 Å². The van der Waals surface area contributed by atoms with Crippen LogP contribution in [-0.2, 0) is 16.0 Å². The Kier molecular flexibility index (Phi) is 10.2.